The van der Waals surface area contributed by atoms with Gasteiger partial charge in [-0.25, -0.2) is 0 Å². The Kier molecular flexibility index (Phi) is 11.5. The van der Waals surface area contributed by atoms with Crippen molar-refractivity contribution in [2.24, 2.45) is 0 Å². The van der Waals surface area contributed by atoms with E-state index < -0.39 is 0 Å². The van der Waals surface area contributed by atoms with Crippen molar-refractivity contribution in [1.29, 1.82) is 0 Å². The van der Waals surface area contributed by atoms with Crippen LogP contribution in [-0.4, -0.2) is 74.1 Å². The maximum absolute atomic E-state index is 12.7. The topological polar surface area (TPSA) is 75.0 Å². The second-order valence-corrected chi connectivity index (χ2v) is 7.06. The fourth-order valence-electron chi connectivity index (χ4n) is 3.11. The van der Waals surface area contributed by atoms with Crippen LogP contribution in [0.25, 0.3) is 0 Å². The van der Waals surface area contributed by atoms with Crippen LogP contribution in [0, 0.1) is 6.92 Å². The molecule has 0 saturated carbocycles. The van der Waals surface area contributed by atoms with Gasteiger partial charge in [0, 0.05) is 32.7 Å². The van der Waals surface area contributed by atoms with Gasteiger partial charge in [0.1, 0.15) is 5.76 Å². The first-order valence-corrected chi connectivity index (χ1v) is 10.3. The number of aryl methyl sites for hydroxylation is 1. The van der Waals surface area contributed by atoms with Gasteiger partial charge < -0.3 is 24.3 Å². The van der Waals surface area contributed by atoms with Crippen molar-refractivity contribution in [2.75, 3.05) is 46.4 Å². The molecule has 0 bridgehead atoms. The molecule has 28 heavy (non-hydrogen) atoms. The third-order valence-corrected chi connectivity index (χ3v) is 4.96. The number of methoxy groups -OCH3 is 1. The third-order valence-electron chi connectivity index (χ3n) is 4.96. The van der Waals surface area contributed by atoms with Gasteiger partial charge in [0.15, 0.2) is 0 Å². The van der Waals surface area contributed by atoms with Crippen LogP contribution in [0.3, 0.4) is 0 Å². The lowest BCUT2D eigenvalue weighted by Gasteiger charge is -2.23. The van der Waals surface area contributed by atoms with Gasteiger partial charge in [0.25, 0.3) is 5.91 Å². The van der Waals surface area contributed by atoms with Gasteiger partial charge in [0.2, 0.25) is 5.91 Å². The summed E-state index contributed by atoms with van der Waals surface area (Å²) in [5.74, 6) is 0.413. The third kappa shape index (κ3) is 8.44. The van der Waals surface area contributed by atoms with Gasteiger partial charge in [0.05, 0.1) is 18.4 Å². The number of hydrogen-bond acceptors (Lipinski definition) is 5. The monoisotopic (exact) mass is 395 g/mol. The lowest BCUT2D eigenvalue weighted by molar-refractivity contribution is -0.121. The smallest absolute Gasteiger partial charge is 0.257 e. The van der Waals surface area contributed by atoms with Crippen LogP contribution >= 0.6 is 0 Å². The Hall–Kier alpha value is -1.86. The molecule has 0 aliphatic carbocycles. The molecule has 1 aromatic heterocycles. The van der Waals surface area contributed by atoms with E-state index in [1.165, 1.54) is 6.26 Å². The summed E-state index contributed by atoms with van der Waals surface area (Å²) >= 11 is 0. The molecule has 7 heteroatoms. The lowest BCUT2D eigenvalue weighted by atomic mass is 10.1. The molecular weight excluding hydrogens is 358 g/mol. The molecule has 1 aromatic rings. The van der Waals surface area contributed by atoms with E-state index >= 15 is 0 Å². The van der Waals surface area contributed by atoms with Gasteiger partial charge in [-0.1, -0.05) is 13.8 Å². The van der Waals surface area contributed by atoms with E-state index in [9.17, 15) is 9.59 Å². The molecule has 160 valence electrons. The number of ether oxygens (including phenoxy) is 1. The Bertz CT molecular complexity index is 584. The number of rotatable bonds is 14. The van der Waals surface area contributed by atoms with Crippen LogP contribution in [0.15, 0.2) is 16.7 Å². The largest absolute Gasteiger partial charge is 0.469 e. The van der Waals surface area contributed by atoms with Crippen LogP contribution in [0.5, 0.6) is 0 Å². The van der Waals surface area contributed by atoms with Crippen molar-refractivity contribution in [3.05, 3.63) is 23.7 Å². The molecule has 2 amide bonds. The van der Waals surface area contributed by atoms with Crippen molar-refractivity contribution < 1.29 is 18.7 Å². The van der Waals surface area contributed by atoms with Gasteiger partial charge >= 0.3 is 0 Å². The van der Waals surface area contributed by atoms with Crippen LogP contribution in [-0.2, 0) is 9.53 Å². The summed E-state index contributed by atoms with van der Waals surface area (Å²) in [4.78, 5) is 29.0. The first-order chi connectivity index (χ1) is 13.4. The molecule has 0 fully saturated rings. The fourth-order valence-corrected chi connectivity index (χ4v) is 3.11. The highest BCUT2D eigenvalue weighted by Gasteiger charge is 2.20. The summed E-state index contributed by atoms with van der Waals surface area (Å²) in [6, 6.07) is 1.79. The van der Waals surface area contributed by atoms with E-state index in [-0.39, 0.29) is 24.3 Å². The minimum atomic E-state index is -0.136. The van der Waals surface area contributed by atoms with E-state index in [1.54, 1.807) is 25.0 Å². The number of carbonyl (C=O) groups is 2. The predicted octanol–water partition coefficient (Wildman–Crippen LogP) is 2.69. The Labute approximate surface area is 169 Å². The summed E-state index contributed by atoms with van der Waals surface area (Å²) in [5.41, 5.74) is 0.529. The SMILES string of the molecule is CCN(CC)CCC[C@@H](C)NC(=O)CCN(CCOC)C(=O)c1ccoc1C. The average molecular weight is 396 g/mol. The molecule has 0 aromatic carbocycles. The maximum atomic E-state index is 12.7. The highest BCUT2D eigenvalue weighted by molar-refractivity contribution is 5.95. The van der Waals surface area contributed by atoms with Crippen molar-refractivity contribution in [1.82, 2.24) is 15.1 Å². The second kappa shape index (κ2) is 13.3. The molecule has 0 aliphatic rings. The van der Waals surface area contributed by atoms with Crippen molar-refractivity contribution in [2.45, 2.75) is 53.0 Å². The summed E-state index contributed by atoms with van der Waals surface area (Å²) in [6.07, 6.45) is 3.78. The van der Waals surface area contributed by atoms with Crippen LogP contribution in [0.1, 0.15) is 56.2 Å². The number of nitrogens with zero attached hydrogens (tertiary/aromatic N) is 2. The first-order valence-electron chi connectivity index (χ1n) is 10.3. The van der Waals surface area contributed by atoms with Gasteiger partial charge in [-0.2, -0.15) is 0 Å². The van der Waals surface area contributed by atoms with E-state index in [2.05, 4.69) is 24.1 Å². The first kappa shape index (κ1) is 24.2. The molecule has 1 rings (SSSR count). The van der Waals surface area contributed by atoms with Gasteiger partial charge in [-0.15, -0.1) is 0 Å². The summed E-state index contributed by atoms with van der Waals surface area (Å²) in [6.45, 7) is 12.5. The molecule has 0 aliphatic heterocycles. The minimum Gasteiger partial charge on any atom is -0.469 e. The van der Waals surface area contributed by atoms with Crippen molar-refractivity contribution in [3.63, 3.8) is 0 Å². The Morgan fingerprint density at radius 1 is 1.21 bits per heavy atom. The maximum Gasteiger partial charge on any atom is 0.257 e. The van der Waals surface area contributed by atoms with E-state index in [0.29, 0.717) is 31.0 Å². The van der Waals surface area contributed by atoms with Gasteiger partial charge in [-0.05, 0) is 52.4 Å². The Morgan fingerprint density at radius 3 is 2.50 bits per heavy atom. The predicted molar refractivity (Wildman–Crippen MR) is 110 cm³/mol. The normalized spacial score (nSPS) is 12.2. The minimum absolute atomic E-state index is 0.0329. The average Bonchev–Trinajstić information content (AvgIpc) is 3.10. The van der Waals surface area contributed by atoms with E-state index in [4.69, 9.17) is 9.15 Å². The number of hydrogen-bond donors (Lipinski definition) is 1. The molecule has 0 unspecified atom stereocenters. The Balaban J connectivity index is 2.45. The molecule has 0 saturated heterocycles. The molecule has 0 spiro atoms. The van der Waals surface area contributed by atoms with Crippen LogP contribution < -0.4 is 5.32 Å². The number of nitrogens with one attached hydrogen (secondary N) is 1. The molecule has 1 atom stereocenters. The zero-order valence-electron chi connectivity index (χ0n) is 18.1. The zero-order chi connectivity index (χ0) is 20.9. The molecule has 1 heterocycles. The lowest BCUT2D eigenvalue weighted by Crippen LogP contribution is -2.39. The van der Waals surface area contributed by atoms with Crippen molar-refractivity contribution >= 4 is 11.8 Å². The number of furan rings is 1. The second-order valence-electron chi connectivity index (χ2n) is 7.06. The highest BCUT2D eigenvalue weighted by atomic mass is 16.5. The summed E-state index contributed by atoms with van der Waals surface area (Å²) in [5, 5.41) is 3.04. The van der Waals surface area contributed by atoms with Crippen LogP contribution in [0.2, 0.25) is 0 Å². The van der Waals surface area contributed by atoms with Crippen LogP contribution in [0.4, 0.5) is 0 Å². The molecule has 1 N–H and O–H groups in total. The molecular formula is C21H37N3O4. The molecule has 7 nitrogen and oxygen atoms in total. The quantitative estimate of drug-likeness (QED) is 0.524. The number of carbonyl (C=O) groups excluding carboxylic acids is 2. The van der Waals surface area contributed by atoms with Gasteiger partial charge in [-0.3, -0.25) is 9.59 Å². The van der Waals surface area contributed by atoms with Crippen molar-refractivity contribution in [3.8, 4) is 0 Å². The highest BCUT2D eigenvalue weighted by Crippen LogP contribution is 2.12. The summed E-state index contributed by atoms with van der Waals surface area (Å²) < 4.78 is 10.3. The Morgan fingerprint density at radius 2 is 1.93 bits per heavy atom. The number of amides is 2. The standard InChI is InChI=1S/C21H37N3O4/c1-6-23(7-2)12-8-9-17(3)22-20(25)10-13-24(14-16-27-5)21(26)19-11-15-28-18(19)4/h11,15,17H,6-10,12-14,16H2,1-5H3,(H,22,25)/t17-/m1/s1. The molecule has 0 radical (unpaired) electrons. The van der Waals surface area contributed by atoms with E-state index in [0.717, 1.165) is 32.5 Å². The van der Waals surface area contributed by atoms with E-state index in [1.807, 2.05) is 6.92 Å². The fraction of sp³-hybridized carbons (Fsp3) is 0.714. The zero-order valence-corrected chi connectivity index (χ0v) is 18.1. The summed E-state index contributed by atoms with van der Waals surface area (Å²) in [7, 11) is 1.60.